The van der Waals surface area contributed by atoms with Gasteiger partial charge in [-0.15, -0.1) is 0 Å². The summed E-state index contributed by atoms with van der Waals surface area (Å²) in [6, 6.07) is 16.0. The molecule has 1 N–H and O–H groups in total. The Kier molecular flexibility index (Phi) is 7.03. The Morgan fingerprint density at radius 1 is 1.07 bits per heavy atom. The standard InChI is InChI=1S/C25H31N3O2/c1-5-24(29)27-21-14-15-22(16-21)28(4)25(30)20-12-10-19(11-13-20)18(3)26-23-9-7-6-8-17(23)2/h6-13,21-22H,5,14-16H2,1-4H3,(H,27,29)/b26-18+/t21?,22-/m1/s1. The Balaban J connectivity index is 1.65. The molecule has 158 valence electrons. The van der Waals surface area contributed by atoms with Crippen LogP contribution in [0.4, 0.5) is 5.69 Å². The normalized spacial score (nSPS) is 18.9. The van der Waals surface area contributed by atoms with Crippen molar-refractivity contribution in [2.45, 2.75) is 58.5 Å². The monoisotopic (exact) mass is 405 g/mol. The van der Waals surface area contributed by atoms with E-state index in [1.165, 1.54) is 0 Å². The topological polar surface area (TPSA) is 61.8 Å². The van der Waals surface area contributed by atoms with Crippen LogP contribution in [-0.2, 0) is 4.79 Å². The van der Waals surface area contributed by atoms with Crippen molar-refractivity contribution in [2.75, 3.05) is 7.05 Å². The SMILES string of the molecule is CCC(=O)NC1CC[C@@H](N(C)C(=O)c2ccc(/C(C)=N/c3ccccc3C)cc2)C1. The highest BCUT2D eigenvalue weighted by atomic mass is 16.2. The summed E-state index contributed by atoms with van der Waals surface area (Å²) in [7, 11) is 1.86. The first-order valence-corrected chi connectivity index (χ1v) is 10.7. The Hall–Kier alpha value is -2.95. The second kappa shape index (κ2) is 9.70. The van der Waals surface area contributed by atoms with Gasteiger partial charge >= 0.3 is 0 Å². The van der Waals surface area contributed by atoms with Crippen molar-refractivity contribution in [3.63, 3.8) is 0 Å². The molecule has 1 fully saturated rings. The summed E-state index contributed by atoms with van der Waals surface area (Å²) in [4.78, 5) is 31.1. The minimum Gasteiger partial charge on any atom is -0.353 e. The van der Waals surface area contributed by atoms with Gasteiger partial charge in [-0.25, -0.2) is 0 Å². The van der Waals surface area contributed by atoms with Gasteiger partial charge in [0.15, 0.2) is 0 Å². The second-order valence-electron chi connectivity index (χ2n) is 8.06. The summed E-state index contributed by atoms with van der Waals surface area (Å²) in [5.41, 5.74) is 4.68. The number of hydrogen-bond donors (Lipinski definition) is 1. The van der Waals surface area contributed by atoms with Crippen LogP contribution in [0.5, 0.6) is 0 Å². The van der Waals surface area contributed by atoms with Crippen LogP contribution in [-0.4, -0.2) is 41.6 Å². The Morgan fingerprint density at radius 2 is 1.73 bits per heavy atom. The number of aryl methyl sites for hydroxylation is 1. The van der Waals surface area contributed by atoms with Gasteiger partial charge in [-0.2, -0.15) is 0 Å². The minimum atomic E-state index is 0.0162. The third-order valence-electron chi connectivity index (χ3n) is 5.91. The minimum absolute atomic E-state index is 0.0162. The Labute approximate surface area is 179 Å². The van der Waals surface area contributed by atoms with Crippen molar-refractivity contribution in [3.05, 3.63) is 65.2 Å². The summed E-state index contributed by atoms with van der Waals surface area (Å²) in [5.74, 6) is 0.0930. The van der Waals surface area contributed by atoms with Crippen LogP contribution < -0.4 is 5.32 Å². The number of para-hydroxylation sites is 1. The second-order valence-corrected chi connectivity index (χ2v) is 8.06. The number of carbonyl (C=O) groups excluding carboxylic acids is 2. The van der Waals surface area contributed by atoms with Gasteiger partial charge < -0.3 is 10.2 Å². The lowest BCUT2D eigenvalue weighted by Crippen LogP contribution is -2.38. The quantitative estimate of drug-likeness (QED) is 0.711. The average molecular weight is 406 g/mol. The molecule has 2 aromatic carbocycles. The summed E-state index contributed by atoms with van der Waals surface area (Å²) >= 11 is 0. The molecule has 0 aliphatic heterocycles. The fourth-order valence-corrected chi connectivity index (χ4v) is 3.93. The molecule has 0 aromatic heterocycles. The lowest BCUT2D eigenvalue weighted by Gasteiger charge is -2.25. The van der Waals surface area contributed by atoms with Gasteiger partial charge in [0.1, 0.15) is 0 Å². The molecule has 0 bridgehead atoms. The molecular weight excluding hydrogens is 374 g/mol. The Morgan fingerprint density at radius 3 is 2.40 bits per heavy atom. The van der Waals surface area contributed by atoms with Gasteiger partial charge in [0, 0.05) is 36.8 Å². The van der Waals surface area contributed by atoms with Crippen LogP contribution >= 0.6 is 0 Å². The molecule has 2 amide bonds. The van der Waals surface area contributed by atoms with Crippen molar-refractivity contribution in [2.24, 2.45) is 4.99 Å². The van der Waals surface area contributed by atoms with Gasteiger partial charge in [0.05, 0.1) is 5.69 Å². The maximum absolute atomic E-state index is 12.9. The molecule has 3 rings (SSSR count). The first-order chi connectivity index (χ1) is 14.4. The van der Waals surface area contributed by atoms with E-state index in [0.29, 0.717) is 12.0 Å². The van der Waals surface area contributed by atoms with E-state index in [1.807, 2.05) is 81.2 Å². The first kappa shape index (κ1) is 21.8. The van der Waals surface area contributed by atoms with Crippen molar-refractivity contribution in [3.8, 4) is 0 Å². The van der Waals surface area contributed by atoms with Crippen LogP contribution in [0, 0.1) is 6.92 Å². The summed E-state index contributed by atoms with van der Waals surface area (Å²) in [6.07, 6.45) is 3.14. The predicted octanol–water partition coefficient (Wildman–Crippen LogP) is 4.66. The number of benzene rings is 2. The van der Waals surface area contributed by atoms with Crippen molar-refractivity contribution >= 4 is 23.2 Å². The molecule has 0 spiro atoms. The smallest absolute Gasteiger partial charge is 0.253 e. The molecule has 0 saturated heterocycles. The highest BCUT2D eigenvalue weighted by Crippen LogP contribution is 2.25. The van der Waals surface area contributed by atoms with Gasteiger partial charge in [-0.3, -0.25) is 14.6 Å². The van der Waals surface area contributed by atoms with Crippen LogP contribution in [0.2, 0.25) is 0 Å². The molecular formula is C25H31N3O2. The number of nitrogens with one attached hydrogen (secondary N) is 1. The lowest BCUT2D eigenvalue weighted by molar-refractivity contribution is -0.121. The molecule has 1 aliphatic carbocycles. The predicted molar refractivity (Wildman–Crippen MR) is 121 cm³/mol. The van der Waals surface area contributed by atoms with Crippen LogP contribution in [0.25, 0.3) is 0 Å². The largest absolute Gasteiger partial charge is 0.353 e. The van der Waals surface area contributed by atoms with Gasteiger partial charge in [-0.05, 0) is 62.4 Å². The van der Waals surface area contributed by atoms with E-state index in [0.717, 1.165) is 41.8 Å². The van der Waals surface area contributed by atoms with E-state index in [-0.39, 0.29) is 23.9 Å². The zero-order valence-electron chi connectivity index (χ0n) is 18.3. The van der Waals surface area contributed by atoms with E-state index in [1.54, 1.807) is 0 Å². The average Bonchev–Trinajstić information content (AvgIpc) is 3.22. The first-order valence-electron chi connectivity index (χ1n) is 10.7. The molecule has 5 nitrogen and oxygen atoms in total. The maximum Gasteiger partial charge on any atom is 0.253 e. The molecule has 1 aliphatic rings. The molecule has 0 radical (unpaired) electrons. The van der Waals surface area contributed by atoms with Gasteiger partial charge in [0.25, 0.3) is 5.91 Å². The fourth-order valence-electron chi connectivity index (χ4n) is 3.93. The van der Waals surface area contributed by atoms with Crippen LogP contribution in [0.15, 0.2) is 53.5 Å². The van der Waals surface area contributed by atoms with E-state index < -0.39 is 0 Å². The van der Waals surface area contributed by atoms with E-state index in [4.69, 9.17) is 4.99 Å². The number of hydrogen-bond acceptors (Lipinski definition) is 3. The number of carbonyl (C=O) groups is 2. The molecule has 1 saturated carbocycles. The highest BCUT2D eigenvalue weighted by molar-refractivity contribution is 6.01. The number of amides is 2. The third kappa shape index (κ3) is 5.15. The summed E-state index contributed by atoms with van der Waals surface area (Å²) in [6.45, 7) is 5.89. The molecule has 1 unspecified atom stereocenters. The van der Waals surface area contributed by atoms with Gasteiger partial charge in [-0.1, -0.05) is 37.3 Å². The van der Waals surface area contributed by atoms with Crippen molar-refractivity contribution in [1.82, 2.24) is 10.2 Å². The summed E-state index contributed by atoms with van der Waals surface area (Å²) < 4.78 is 0. The van der Waals surface area contributed by atoms with E-state index in [2.05, 4.69) is 5.32 Å². The zero-order valence-corrected chi connectivity index (χ0v) is 18.3. The Bertz CT molecular complexity index is 934. The van der Waals surface area contributed by atoms with Crippen LogP contribution in [0.3, 0.4) is 0 Å². The van der Waals surface area contributed by atoms with Gasteiger partial charge in [0.2, 0.25) is 5.91 Å². The molecule has 0 heterocycles. The van der Waals surface area contributed by atoms with Crippen LogP contribution in [0.1, 0.15) is 61.0 Å². The van der Waals surface area contributed by atoms with E-state index in [9.17, 15) is 9.59 Å². The number of nitrogens with zero attached hydrogens (tertiary/aromatic N) is 2. The molecule has 2 atom stereocenters. The lowest BCUT2D eigenvalue weighted by atomic mass is 10.1. The van der Waals surface area contributed by atoms with Crippen molar-refractivity contribution in [1.29, 1.82) is 0 Å². The van der Waals surface area contributed by atoms with Crippen molar-refractivity contribution < 1.29 is 9.59 Å². The summed E-state index contributed by atoms with van der Waals surface area (Å²) in [5, 5.41) is 3.05. The fraction of sp³-hybridized carbons (Fsp3) is 0.400. The van der Waals surface area contributed by atoms with E-state index >= 15 is 0 Å². The molecule has 5 heteroatoms. The molecule has 2 aromatic rings. The number of aliphatic imine (C=N–C) groups is 1. The molecule has 30 heavy (non-hydrogen) atoms. The number of rotatable bonds is 6. The third-order valence-corrected chi connectivity index (χ3v) is 5.91. The maximum atomic E-state index is 12.9. The zero-order chi connectivity index (χ0) is 21.7. The highest BCUT2D eigenvalue weighted by Gasteiger charge is 2.30.